The zero-order chi connectivity index (χ0) is 13.8. The zero-order valence-electron chi connectivity index (χ0n) is 10.1. The number of halogens is 1. The molecular formula is C11H15ClN2O3S. The molecule has 0 aliphatic heterocycles. The van der Waals surface area contributed by atoms with Gasteiger partial charge in [0.25, 0.3) is 0 Å². The van der Waals surface area contributed by atoms with Crippen molar-refractivity contribution < 1.29 is 13.2 Å². The molecule has 0 saturated heterocycles. The molecule has 0 aliphatic carbocycles. The molecule has 18 heavy (non-hydrogen) atoms. The zero-order valence-corrected chi connectivity index (χ0v) is 11.7. The normalized spacial score (nSPS) is 13.1. The molecule has 0 unspecified atom stereocenters. The third kappa shape index (κ3) is 3.69. The van der Waals surface area contributed by atoms with E-state index in [1.165, 1.54) is 19.1 Å². The van der Waals surface area contributed by atoms with E-state index >= 15 is 0 Å². The number of likely N-dealkylation sites (N-methyl/N-ethyl adjacent to an activating group) is 1. The van der Waals surface area contributed by atoms with E-state index in [4.69, 9.17) is 11.6 Å². The molecule has 1 aromatic rings. The molecule has 0 aromatic heterocycles. The van der Waals surface area contributed by atoms with Crippen LogP contribution < -0.4 is 10.0 Å². The van der Waals surface area contributed by atoms with Crippen LogP contribution in [0.4, 0.5) is 0 Å². The number of benzene rings is 1. The predicted octanol–water partition coefficient (Wildman–Crippen LogP) is 1.14. The Morgan fingerprint density at radius 1 is 1.39 bits per heavy atom. The number of rotatable bonds is 5. The molecule has 0 bridgehead atoms. The molecule has 0 radical (unpaired) electrons. The van der Waals surface area contributed by atoms with Crippen LogP contribution in [0.2, 0.25) is 5.02 Å². The summed E-state index contributed by atoms with van der Waals surface area (Å²) in [6, 6.07) is 5.21. The van der Waals surface area contributed by atoms with E-state index in [0.29, 0.717) is 6.54 Å². The van der Waals surface area contributed by atoms with Gasteiger partial charge in [0.2, 0.25) is 15.9 Å². The standard InChI is InChI=1S/C11H15ClN2O3S/c1-3-13-11(15)8(2)14-18(16,17)10-7-5-4-6-9(10)12/h4-8,14H,3H2,1-2H3,(H,13,15)/t8-/m0/s1. The Balaban J connectivity index is 2.90. The second-order valence-corrected chi connectivity index (χ2v) is 5.76. The Morgan fingerprint density at radius 2 is 2.00 bits per heavy atom. The van der Waals surface area contributed by atoms with E-state index in [2.05, 4.69) is 10.0 Å². The number of carbonyl (C=O) groups is 1. The van der Waals surface area contributed by atoms with Crippen molar-refractivity contribution in [3.8, 4) is 0 Å². The molecule has 100 valence electrons. The Kier molecular flexibility index (Phi) is 5.13. The van der Waals surface area contributed by atoms with Crippen LogP contribution >= 0.6 is 11.6 Å². The van der Waals surface area contributed by atoms with Crippen molar-refractivity contribution in [2.45, 2.75) is 24.8 Å². The van der Waals surface area contributed by atoms with Gasteiger partial charge in [-0.1, -0.05) is 23.7 Å². The van der Waals surface area contributed by atoms with E-state index in [9.17, 15) is 13.2 Å². The molecule has 1 amide bonds. The lowest BCUT2D eigenvalue weighted by Gasteiger charge is -2.14. The minimum Gasteiger partial charge on any atom is -0.355 e. The van der Waals surface area contributed by atoms with Gasteiger partial charge in [0.1, 0.15) is 4.90 Å². The van der Waals surface area contributed by atoms with Gasteiger partial charge >= 0.3 is 0 Å². The highest BCUT2D eigenvalue weighted by atomic mass is 35.5. The number of sulfonamides is 1. The Morgan fingerprint density at radius 3 is 2.56 bits per heavy atom. The number of amides is 1. The van der Waals surface area contributed by atoms with Gasteiger partial charge < -0.3 is 5.32 Å². The second kappa shape index (κ2) is 6.17. The van der Waals surface area contributed by atoms with Crippen molar-refractivity contribution in [2.24, 2.45) is 0 Å². The van der Waals surface area contributed by atoms with Crippen molar-refractivity contribution in [3.05, 3.63) is 29.3 Å². The van der Waals surface area contributed by atoms with Crippen LogP contribution in [0.15, 0.2) is 29.2 Å². The van der Waals surface area contributed by atoms with Gasteiger partial charge in [-0.05, 0) is 26.0 Å². The smallest absolute Gasteiger partial charge is 0.242 e. The minimum absolute atomic E-state index is 0.0391. The molecule has 0 spiro atoms. The van der Waals surface area contributed by atoms with Gasteiger partial charge in [-0.15, -0.1) is 0 Å². The van der Waals surface area contributed by atoms with Crippen molar-refractivity contribution in [1.29, 1.82) is 0 Å². The van der Waals surface area contributed by atoms with E-state index in [0.717, 1.165) is 0 Å². The summed E-state index contributed by atoms with van der Waals surface area (Å²) in [6.07, 6.45) is 0. The van der Waals surface area contributed by atoms with Gasteiger partial charge in [0, 0.05) is 6.54 Å². The summed E-state index contributed by atoms with van der Waals surface area (Å²) >= 11 is 5.81. The summed E-state index contributed by atoms with van der Waals surface area (Å²) in [5.74, 6) is -0.381. The first kappa shape index (κ1) is 14.9. The minimum atomic E-state index is -3.80. The van der Waals surface area contributed by atoms with Crippen LogP contribution in [-0.2, 0) is 14.8 Å². The lowest BCUT2D eigenvalue weighted by Crippen LogP contribution is -2.44. The Labute approximate surface area is 112 Å². The maximum absolute atomic E-state index is 12.0. The quantitative estimate of drug-likeness (QED) is 0.854. The number of hydrogen-bond donors (Lipinski definition) is 2. The number of hydrogen-bond acceptors (Lipinski definition) is 3. The van der Waals surface area contributed by atoms with E-state index < -0.39 is 16.1 Å². The molecule has 0 fully saturated rings. The van der Waals surface area contributed by atoms with Crippen LogP contribution in [-0.4, -0.2) is 26.9 Å². The first-order valence-electron chi connectivity index (χ1n) is 5.43. The van der Waals surface area contributed by atoms with Gasteiger partial charge in [-0.3, -0.25) is 4.79 Å². The van der Waals surface area contributed by atoms with Crippen molar-refractivity contribution >= 4 is 27.5 Å². The predicted molar refractivity (Wildman–Crippen MR) is 69.9 cm³/mol. The fourth-order valence-electron chi connectivity index (χ4n) is 1.34. The lowest BCUT2D eigenvalue weighted by molar-refractivity contribution is -0.122. The molecule has 1 atom stereocenters. The molecule has 0 heterocycles. The molecule has 0 saturated carbocycles. The van der Waals surface area contributed by atoms with Gasteiger partial charge in [-0.2, -0.15) is 4.72 Å². The Hall–Kier alpha value is -1.11. The monoisotopic (exact) mass is 290 g/mol. The van der Waals surface area contributed by atoms with Crippen LogP contribution in [0.3, 0.4) is 0 Å². The summed E-state index contributed by atoms with van der Waals surface area (Å²) in [6.45, 7) is 3.67. The number of carbonyl (C=O) groups excluding carboxylic acids is 1. The average Bonchev–Trinajstić information content (AvgIpc) is 2.29. The van der Waals surface area contributed by atoms with E-state index in [1.54, 1.807) is 19.1 Å². The first-order chi connectivity index (χ1) is 8.38. The van der Waals surface area contributed by atoms with Gasteiger partial charge in [0.15, 0.2) is 0 Å². The molecule has 1 rings (SSSR count). The Bertz CT molecular complexity index is 531. The summed E-state index contributed by atoms with van der Waals surface area (Å²) in [5.41, 5.74) is 0. The highest BCUT2D eigenvalue weighted by molar-refractivity contribution is 7.89. The summed E-state index contributed by atoms with van der Waals surface area (Å²) in [5, 5.41) is 2.65. The van der Waals surface area contributed by atoms with Crippen molar-refractivity contribution in [3.63, 3.8) is 0 Å². The second-order valence-electron chi connectivity index (χ2n) is 3.67. The van der Waals surface area contributed by atoms with Gasteiger partial charge in [0.05, 0.1) is 11.1 Å². The highest BCUT2D eigenvalue weighted by Gasteiger charge is 2.23. The summed E-state index contributed by atoms with van der Waals surface area (Å²) < 4.78 is 26.3. The van der Waals surface area contributed by atoms with Crippen LogP contribution in [0.1, 0.15) is 13.8 Å². The topological polar surface area (TPSA) is 75.3 Å². The SMILES string of the molecule is CCNC(=O)[C@H](C)NS(=O)(=O)c1ccccc1Cl. The maximum atomic E-state index is 12.0. The summed E-state index contributed by atoms with van der Waals surface area (Å²) in [4.78, 5) is 11.4. The molecule has 7 heteroatoms. The van der Waals surface area contributed by atoms with Crippen molar-refractivity contribution in [2.75, 3.05) is 6.54 Å². The fraction of sp³-hybridized carbons (Fsp3) is 0.364. The van der Waals surface area contributed by atoms with Crippen molar-refractivity contribution in [1.82, 2.24) is 10.0 Å². The molecule has 5 nitrogen and oxygen atoms in total. The molecule has 1 aromatic carbocycles. The maximum Gasteiger partial charge on any atom is 0.242 e. The van der Waals surface area contributed by atoms with E-state index in [-0.39, 0.29) is 15.8 Å². The number of nitrogens with one attached hydrogen (secondary N) is 2. The lowest BCUT2D eigenvalue weighted by atomic mass is 10.3. The van der Waals surface area contributed by atoms with Crippen LogP contribution in [0.25, 0.3) is 0 Å². The van der Waals surface area contributed by atoms with Crippen LogP contribution in [0, 0.1) is 0 Å². The fourth-order valence-corrected chi connectivity index (χ4v) is 3.06. The highest BCUT2D eigenvalue weighted by Crippen LogP contribution is 2.20. The van der Waals surface area contributed by atoms with E-state index in [1.807, 2.05) is 0 Å². The molecular weight excluding hydrogens is 276 g/mol. The average molecular weight is 291 g/mol. The molecule has 0 aliphatic rings. The van der Waals surface area contributed by atoms with Gasteiger partial charge in [-0.25, -0.2) is 8.42 Å². The third-order valence-electron chi connectivity index (χ3n) is 2.20. The molecule has 2 N–H and O–H groups in total. The summed E-state index contributed by atoms with van der Waals surface area (Å²) in [7, 11) is -3.80. The third-order valence-corrected chi connectivity index (χ3v) is 4.24. The first-order valence-corrected chi connectivity index (χ1v) is 7.29. The largest absolute Gasteiger partial charge is 0.355 e. The van der Waals surface area contributed by atoms with Crippen LogP contribution in [0.5, 0.6) is 0 Å².